The Hall–Kier alpha value is -1.68. The van der Waals surface area contributed by atoms with Gasteiger partial charge in [-0.3, -0.25) is 0 Å². The van der Waals surface area contributed by atoms with Gasteiger partial charge in [-0.1, -0.05) is 129 Å². The smallest absolute Gasteiger partial charge is 0.134 e. The summed E-state index contributed by atoms with van der Waals surface area (Å²) in [5.74, 6) is 0.509. The van der Waals surface area contributed by atoms with Crippen LogP contribution in [0.3, 0.4) is 0 Å². The number of rotatable bonds is 11. The van der Waals surface area contributed by atoms with Crippen LogP contribution in [-0.2, 0) is 15.6 Å². The molecule has 0 amide bonds. The van der Waals surface area contributed by atoms with Gasteiger partial charge in [-0.15, -0.1) is 0 Å². The first-order valence-electron chi connectivity index (χ1n) is 17.5. The highest BCUT2D eigenvalue weighted by molar-refractivity contribution is 6.78. The Balaban J connectivity index is 2.05. The number of hydrogen-bond acceptors (Lipinski definition) is 2. The first kappa shape index (κ1) is 36.8. The molecule has 2 aromatic rings. The summed E-state index contributed by atoms with van der Waals surface area (Å²) in [5, 5.41) is 0. The molecule has 0 aliphatic heterocycles. The van der Waals surface area contributed by atoms with Crippen molar-refractivity contribution in [3.05, 3.63) is 64.2 Å². The zero-order valence-corrected chi connectivity index (χ0v) is 32.3. The summed E-state index contributed by atoms with van der Waals surface area (Å²) < 4.78 is 5.99. The highest BCUT2D eigenvalue weighted by Crippen LogP contribution is 2.49. The van der Waals surface area contributed by atoms with E-state index < -0.39 is 8.24 Å². The van der Waals surface area contributed by atoms with Crippen molar-refractivity contribution in [2.75, 3.05) is 6.61 Å². The third-order valence-corrected chi connectivity index (χ3v) is 13.8. The number of ether oxygens (including phenoxy) is 1. The van der Waals surface area contributed by atoms with E-state index in [0.717, 1.165) is 13.0 Å². The fourth-order valence-corrected chi connectivity index (χ4v) is 12.3. The van der Waals surface area contributed by atoms with Crippen molar-refractivity contribution in [2.24, 2.45) is 5.92 Å². The van der Waals surface area contributed by atoms with E-state index in [2.05, 4.69) is 151 Å². The van der Waals surface area contributed by atoms with Gasteiger partial charge in [0.1, 0.15) is 8.24 Å². The predicted molar refractivity (Wildman–Crippen MR) is 198 cm³/mol. The molecule has 0 heterocycles. The lowest BCUT2D eigenvalue weighted by Crippen LogP contribution is -2.60. The molecule has 1 aliphatic carbocycles. The van der Waals surface area contributed by atoms with Crippen molar-refractivity contribution < 1.29 is 4.74 Å². The molecule has 2 atom stereocenters. The topological polar surface area (TPSA) is 21.3 Å². The van der Waals surface area contributed by atoms with Gasteiger partial charge in [0.15, 0.2) is 0 Å². The van der Waals surface area contributed by atoms with Crippen LogP contribution in [0.1, 0.15) is 150 Å². The summed E-state index contributed by atoms with van der Waals surface area (Å²) in [7, 11) is -1.98. The Morgan fingerprint density at radius 1 is 0.773 bits per heavy atom. The predicted octanol–water partition coefficient (Wildman–Crippen LogP) is 12.0. The van der Waals surface area contributed by atoms with Crippen LogP contribution in [0.5, 0.6) is 0 Å². The minimum absolute atomic E-state index is 0.0429. The SMILES string of the molecule is CC(C)C1=Cc2c(-c3cc(C(C)(C)C)cc(C(C)(C)C)c3)cccc2C1[Si](C)(CCCCCCOC(C)(C)C)NC(C)(C)C. The second-order valence-electron chi connectivity index (χ2n) is 18.3. The average Bonchev–Trinajstić information content (AvgIpc) is 3.26. The van der Waals surface area contributed by atoms with Gasteiger partial charge in [0.25, 0.3) is 0 Å². The molecule has 2 nitrogen and oxygen atoms in total. The Bertz CT molecular complexity index is 1260. The molecular formula is C41H67NOSi. The molecule has 246 valence electrons. The molecule has 2 aromatic carbocycles. The van der Waals surface area contributed by atoms with Gasteiger partial charge in [0, 0.05) is 17.7 Å². The van der Waals surface area contributed by atoms with Crippen molar-refractivity contribution in [3.8, 4) is 11.1 Å². The van der Waals surface area contributed by atoms with Crippen LogP contribution in [0.25, 0.3) is 17.2 Å². The molecule has 2 unspecified atom stereocenters. The lowest BCUT2D eigenvalue weighted by molar-refractivity contribution is -0.00471. The van der Waals surface area contributed by atoms with E-state index in [4.69, 9.17) is 4.74 Å². The van der Waals surface area contributed by atoms with Gasteiger partial charge in [0.2, 0.25) is 0 Å². The lowest BCUT2D eigenvalue weighted by Gasteiger charge is -2.43. The van der Waals surface area contributed by atoms with E-state index in [1.54, 1.807) is 11.1 Å². The second-order valence-corrected chi connectivity index (χ2v) is 22.4. The minimum Gasteiger partial charge on any atom is -0.376 e. The van der Waals surface area contributed by atoms with E-state index >= 15 is 0 Å². The van der Waals surface area contributed by atoms with Crippen molar-refractivity contribution in [3.63, 3.8) is 0 Å². The van der Waals surface area contributed by atoms with Crippen LogP contribution >= 0.6 is 0 Å². The third kappa shape index (κ3) is 9.66. The number of fused-ring (bicyclic) bond motifs is 1. The van der Waals surface area contributed by atoms with E-state index in [-0.39, 0.29) is 22.0 Å². The zero-order chi connectivity index (χ0) is 33.3. The molecule has 3 rings (SSSR count). The fraction of sp³-hybridized carbons (Fsp3) is 0.659. The normalized spacial score (nSPS) is 17.5. The summed E-state index contributed by atoms with van der Waals surface area (Å²) in [5.41, 5.74) is 10.9. The molecule has 3 heteroatoms. The largest absolute Gasteiger partial charge is 0.376 e. The van der Waals surface area contributed by atoms with E-state index in [1.807, 2.05) is 0 Å². The summed E-state index contributed by atoms with van der Waals surface area (Å²) in [6.45, 7) is 35.9. The quantitative estimate of drug-likeness (QED) is 0.200. The molecular weight excluding hydrogens is 551 g/mol. The van der Waals surface area contributed by atoms with Gasteiger partial charge in [-0.2, -0.15) is 0 Å². The summed E-state index contributed by atoms with van der Waals surface area (Å²) in [4.78, 5) is 4.31. The van der Waals surface area contributed by atoms with Crippen molar-refractivity contribution in [1.82, 2.24) is 4.98 Å². The molecule has 1 aliphatic rings. The van der Waals surface area contributed by atoms with Crippen LogP contribution in [0.2, 0.25) is 12.6 Å². The first-order valence-corrected chi connectivity index (χ1v) is 20.2. The van der Waals surface area contributed by atoms with Gasteiger partial charge < -0.3 is 9.72 Å². The first-order chi connectivity index (χ1) is 20.0. The van der Waals surface area contributed by atoms with Crippen molar-refractivity contribution in [1.29, 1.82) is 0 Å². The molecule has 0 bridgehead atoms. The van der Waals surface area contributed by atoms with E-state index in [1.165, 1.54) is 53.1 Å². The maximum Gasteiger partial charge on any atom is 0.134 e. The number of hydrogen-bond donors (Lipinski definition) is 1. The monoisotopic (exact) mass is 617 g/mol. The minimum atomic E-state index is -1.98. The van der Waals surface area contributed by atoms with Crippen LogP contribution < -0.4 is 4.98 Å². The maximum atomic E-state index is 5.99. The molecule has 1 N–H and O–H groups in total. The van der Waals surface area contributed by atoms with Gasteiger partial charge in [0.05, 0.1) is 5.60 Å². The maximum absolute atomic E-state index is 5.99. The Kier molecular flexibility index (Phi) is 11.4. The third-order valence-electron chi connectivity index (χ3n) is 9.16. The number of benzene rings is 2. The lowest BCUT2D eigenvalue weighted by atomic mass is 9.78. The number of unbranched alkanes of at least 4 members (excludes halogenated alkanes) is 3. The van der Waals surface area contributed by atoms with Crippen LogP contribution in [-0.4, -0.2) is 26.0 Å². The van der Waals surface area contributed by atoms with Crippen molar-refractivity contribution in [2.45, 2.75) is 163 Å². The summed E-state index contributed by atoms with van der Waals surface area (Å²) in [6.07, 6.45) is 7.55. The molecule has 0 spiro atoms. The van der Waals surface area contributed by atoms with Gasteiger partial charge in [-0.25, -0.2) is 0 Å². The Morgan fingerprint density at radius 2 is 1.34 bits per heavy atom. The number of allylic oxidation sites excluding steroid dienone is 1. The fourth-order valence-electron chi connectivity index (χ4n) is 7.00. The molecule has 0 radical (unpaired) electrons. The molecule has 0 saturated carbocycles. The Morgan fingerprint density at radius 3 is 1.84 bits per heavy atom. The second kappa shape index (κ2) is 13.6. The molecule has 0 fully saturated rings. The standard InChI is InChI=1S/C41H67NOSi/c1-29(2)35-28-36-33(30-25-31(38(3,4)5)27-32(26-30)39(6,7)8)21-20-22-34(36)37(35)44(15,42-40(9,10)11)24-19-17-16-18-23-43-41(12,13)14/h20-22,25-29,37,42H,16-19,23-24H2,1-15H3. The highest BCUT2D eigenvalue weighted by atomic mass is 28.3. The highest BCUT2D eigenvalue weighted by Gasteiger charge is 2.45. The van der Waals surface area contributed by atoms with Crippen LogP contribution in [0.15, 0.2) is 42.0 Å². The van der Waals surface area contributed by atoms with Crippen LogP contribution in [0, 0.1) is 5.92 Å². The summed E-state index contributed by atoms with van der Waals surface area (Å²) >= 11 is 0. The molecule has 44 heavy (non-hydrogen) atoms. The average molecular weight is 618 g/mol. The van der Waals surface area contributed by atoms with E-state index in [9.17, 15) is 0 Å². The zero-order valence-electron chi connectivity index (χ0n) is 31.3. The Labute approximate surface area is 274 Å². The molecule has 0 aromatic heterocycles. The van der Waals surface area contributed by atoms with Crippen molar-refractivity contribution >= 4 is 14.3 Å². The van der Waals surface area contributed by atoms with E-state index in [0.29, 0.717) is 11.5 Å². The molecule has 0 saturated heterocycles. The summed E-state index contributed by atoms with van der Waals surface area (Å²) in [6, 6.07) is 15.8. The van der Waals surface area contributed by atoms with Crippen LogP contribution in [0.4, 0.5) is 0 Å². The van der Waals surface area contributed by atoms with Gasteiger partial charge in [-0.05, 0) is 104 Å². The number of nitrogens with one attached hydrogen (secondary N) is 1. The van der Waals surface area contributed by atoms with Gasteiger partial charge >= 0.3 is 0 Å².